The van der Waals surface area contributed by atoms with Gasteiger partial charge in [0, 0.05) is 17.6 Å². The van der Waals surface area contributed by atoms with Crippen LogP contribution in [-0.4, -0.2) is 37.0 Å². The number of hydrogen-bond acceptors (Lipinski definition) is 3. The Morgan fingerprint density at radius 1 is 1.18 bits per heavy atom. The number of benzene rings is 2. The summed E-state index contributed by atoms with van der Waals surface area (Å²) >= 11 is 5.87. The topological polar surface area (TPSA) is 57.6 Å². The molecule has 0 saturated carbocycles. The smallest absolute Gasteiger partial charge is 0.243 e. The lowest BCUT2D eigenvalue weighted by Gasteiger charge is -2.30. The number of sulfonamides is 1. The summed E-state index contributed by atoms with van der Waals surface area (Å²) < 4.78 is 41.0. The lowest BCUT2D eigenvalue weighted by atomic mass is 10.0. The molecule has 152 valence electrons. The van der Waals surface area contributed by atoms with Gasteiger partial charge in [0.1, 0.15) is 5.82 Å². The van der Waals surface area contributed by atoms with Crippen LogP contribution in [-0.2, 0) is 10.0 Å². The van der Waals surface area contributed by atoms with Crippen LogP contribution in [0.15, 0.2) is 59.5 Å². The molecule has 2 rings (SSSR count). The molecule has 0 bridgehead atoms. The third-order valence-corrected chi connectivity index (χ3v) is 6.41. The summed E-state index contributed by atoms with van der Waals surface area (Å²) in [5, 5.41) is 10.3. The largest absolute Gasteiger partial charge is 0.395 e. The number of aliphatic hydroxyl groups is 1. The Morgan fingerprint density at radius 3 is 2.43 bits per heavy atom. The van der Waals surface area contributed by atoms with Gasteiger partial charge in [0.25, 0.3) is 0 Å². The van der Waals surface area contributed by atoms with E-state index in [9.17, 15) is 17.9 Å². The van der Waals surface area contributed by atoms with E-state index >= 15 is 0 Å². The molecule has 1 N–H and O–H groups in total. The molecule has 7 heteroatoms. The van der Waals surface area contributed by atoms with E-state index in [0.29, 0.717) is 17.0 Å². The Morgan fingerprint density at radius 2 is 1.86 bits per heavy atom. The molecule has 0 aliphatic carbocycles. The van der Waals surface area contributed by atoms with Crippen LogP contribution in [0.1, 0.15) is 25.8 Å². The van der Waals surface area contributed by atoms with Crippen molar-refractivity contribution < 1.29 is 17.9 Å². The van der Waals surface area contributed by atoms with Gasteiger partial charge in [-0.1, -0.05) is 49.7 Å². The average Bonchev–Trinajstić information content (AvgIpc) is 2.64. The van der Waals surface area contributed by atoms with Crippen LogP contribution in [0.25, 0.3) is 6.08 Å². The first-order chi connectivity index (χ1) is 13.2. The quantitative estimate of drug-likeness (QED) is 0.639. The molecule has 0 heterocycles. The maximum atomic E-state index is 13.3. The normalized spacial score (nSPS) is 13.5. The van der Waals surface area contributed by atoms with E-state index in [4.69, 9.17) is 11.6 Å². The van der Waals surface area contributed by atoms with Crippen molar-refractivity contribution in [1.29, 1.82) is 0 Å². The van der Waals surface area contributed by atoms with E-state index < -0.39 is 16.1 Å². The third-order valence-electron chi connectivity index (χ3n) is 4.23. The summed E-state index contributed by atoms with van der Waals surface area (Å²) in [6.07, 6.45) is 3.83. The van der Waals surface area contributed by atoms with Crippen LogP contribution in [0, 0.1) is 11.7 Å². The fourth-order valence-corrected chi connectivity index (χ4v) is 4.62. The molecule has 0 fully saturated rings. The second-order valence-corrected chi connectivity index (χ2v) is 9.28. The van der Waals surface area contributed by atoms with Crippen LogP contribution >= 0.6 is 11.6 Å². The van der Waals surface area contributed by atoms with Crippen LogP contribution < -0.4 is 0 Å². The zero-order valence-electron chi connectivity index (χ0n) is 15.9. The minimum Gasteiger partial charge on any atom is -0.395 e. The Balaban J connectivity index is 2.34. The minimum absolute atomic E-state index is 0.0550. The van der Waals surface area contributed by atoms with Crippen molar-refractivity contribution in [1.82, 2.24) is 4.31 Å². The van der Waals surface area contributed by atoms with E-state index in [1.54, 1.807) is 24.3 Å². The standard InChI is InChI=1S/C21H25ClFNO3S/c1-16(2)13-20(15-25)24(12-4-6-17-5-3-7-19(23)14-17)28(26,27)21-10-8-18(22)9-11-21/h3-11,14,16,20,25H,12-13,15H2,1-2H3/b6-4+. The van der Waals surface area contributed by atoms with Crippen molar-refractivity contribution in [2.24, 2.45) is 5.92 Å². The molecule has 2 aromatic rings. The lowest BCUT2D eigenvalue weighted by Crippen LogP contribution is -2.43. The van der Waals surface area contributed by atoms with Crippen molar-refractivity contribution in [3.8, 4) is 0 Å². The van der Waals surface area contributed by atoms with Crippen molar-refractivity contribution in [2.75, 3.05) is 13.2 Å². The number of rotatable bonds is 9. The predicted octanol–water partition coefficient (Wildman–Crippen LogP) is 4.59. The SMILES string of the molecule is CC(C)CC(CO)N(C/C=C/c1cccc(F)c1)S(=O)(=O)c1ccc(Cl)cc1. The van der Waals surface area contributed by atoms with Crippen LogP contribution in [0.5, 0.6) is 0 Å². The van der Waals surface area contributed by atoms with Gasteiger partial charge in [-0.25, -0.2) is 12.8 Å². The summed E-state index contributed by atoms with van der Waals surface area (Å²) in [5.74, 6) is -0.159. The van der Waals surface area contributed by atoms with Gasteiger partial charge in [0.15, 0.2) is 0 Å². The van der Waals surface area contributed by atoms with E-state index in [1.165, 1.54) is 40.7 Å². The van der Waals surface area contributed by atoms with Crippen LogP contribution in [0.2, 0.25) is 5.02 Å². The highest BCUT2D eigenvalue weighted by atomic mass is 35.5. The molecular weight excluding hydrogens is 401 g/mol. The fraction of sp³-hybridized carbons (Fsp3) is 0.333. The van der Waals surface area contributed by atoms with Crippen LogP contribution in [0.4, 0.5) is 4.39 Å². The number of aliphatic hydroxyl groups excluding tert-OH is 1. The zero-order valence-corrected chi connectivity index (χ0v) is 17.5. The molecule has 0 spiro atoms. The molecule has 0 saturated heterocycles. The first kappa shape index (κ1) is 22.6. The molecule has 4 nitrogen and oxygen atoms in total. The van der Waals surface area contributed by atoms with Gasteiger partial charge < -0.3 is 5.11 Å². The van der Waals surface area contributed by atoms with E-state index in [2.05, 4.69) is 0 Å². The average molecular weight is 426 g/mol. The van der Waals surface area contributed by atoms with E-state index in [-0.39, 0.29) is 29.8 Å². The summed E-state index contributed by atoms with van der Waals surface area (Å²) in [6.45, 7) is 3.70. The molecule has 0 aliphatic rings. The maximum absolute atomic E-state index is 13.3. The van der Waals surface area contributed by atoms with Crippen molar-refractivity contribution in [2.45, 2.75) is 31.2 Å². The maximum Gasteiger partial charge on any atom is 0.243 e. The highest BCUT2D eigenvalue weighted by Gasteiger charge is 2.30. The minimum atomic E-state index is -3.85. The zero-order chi connectivity index (χ0) is 20.7. The Kier molecular flexibility index (Phi) is 8.19. The highest BCUT2D eigenvalue weighted by molar-refractivity contribution is 7.89. The van der Waals surface area contributed by atoms with Crippen molar-refractivity contribution in [3.05, 3.63) is 71.0 Å². The van der Waals surface area contributed by atoms with Gasteiger partial charge >= 0.3 is 0 Å². The van der Waals surface area contributed by atoms with Gasteiger partial charge in [-0.3, -0.25) is 0 Å². The molecule has 2 aromatic carbocycles. The lowest BCUT2D eigenvalue weighted by molar-refractivity contribution is 0.175. The van der Waals surface area contributed by atoms with E-state index in [1.807, 2.05) is 13.8 Å². The molecule has 0 radical (unpaired) electrons. The van der Waals surface area contributed by atoms with Gasteiger partial charge in [-0.05, 0) is 54.3 Å². The van der Waals surface area contributed by atoms with E-state index in [0.717, 1.165) is 0 Å². The third kappa shape index (κ3) is 6.14. The molecule has 0 amide bonds. The number of halogens is 2. The Hall–Kier alpha value is -1.73. The summed E-state index contributed by atoms with van der Waals surface area (Å²) in [4.78, 5) is 0.110. The second kappa shape index (κ2) is 10.2. The van der Waals surface area contributed by atoms with Crippen molar-refractivity contribution >= 4 is 27.7 Å². The van der Waals surface area contributed by atoms with Gasteiger partial charge in [0.2, 0.25) is 10.0 Å². The first-order valence-electron chi connectivity index (χ1n) is 9.04. The monoisotopic (exact) mass is 425 g/mol. The summed E-state index contributed by atoms with van der Waals surface area (Å²) in [6, 6.07) is 11.4. The molecule has 0 aromatic heterocycles. The molecule has 1 atom stereocenters. The molecule has 28 heavy (non-hydrogen) atoms. The van der Waals surface area contributed by atoms with Crippen molar-refractivity contribution in [3.63, 3.8) is 0 Å². The van der Waals surface area contributed by atoms with Crippen LogP contribution in [0.3, 0.4) is 0 Å². The molecule has 1 unspecified atom stereocenters. The fourth-order valence-electron chi connectivity index (χ4n) is 2.92. The Labute approximate surface area is 171 Å². The highest BCUT2D eigenvalue weighted by Crippen LogP contribution is 2.23. The number of nitrogens with zero attached hydrogens (tertiary/aromatic N) is 1. The number of hydrogen-bond donors (Lipinski definition) is 1. The predicted molar refractivity (Wildman–Crippen MR) is 111 cm³/mol. The van der Waals surface area contributed by atoms with Gasteiger partial charge in [-0.2, -0.15) is 4.31 Å². The molecular formula is C21H25ClFNO3S. The first-order valence-corrected chi connectivity index (χ1v) is 10.9. The van der Waals surface area contributed by atoms with Gasteiger partial charge in [-0.15, -0.1) is 0 Å². The summed E-state index contributed by atoms with van der Waals surface area (Å²) in [7, 11) is -3.85. The summed E-state index contributed by atoms with van der Waals surface area (Å²) in [5.41, 5.74) is 0.633. The van der Waals surface area contributed by atoms with Gasteiger partial charge in [0.05, 0.1) is 11.5 Å². The molecule has 0 aliphatic heterocycles. The second-order valence-electron chi connectivity index (χ2n) is 6.95. The Bertz CT molecular complexity index is 898.